The monoisotopic (exact) mass is 259 g/mol. The van der Waals surface area contributed by atoms with Crippen molar-refractivity contribution >= 4 is 11.9 Å². The van der Waals surface area contributed by atoms with E-state index in [1.165, 1.54) is 0 Å². The van der Waals surface area contributed by atoms with Crippen LogP contribution in [0.25, 0.3) is 0 Å². The number of aryl methyl sites for hydroxylation is 1. The van der Waals surface area contributed by atoms with Gasteiger partial charge < -0.3 is 0 Å². The van der Waals surface area contributed by atoms with Gasteiger partial charge in [-0.25, -0.2) is 0 Å². The number of fused-ring (bicyclic) bond motifs is 1. The Balaban J connectivity index is 1.80. The van der Waals surface area contributed by atoms with Gasteiger partial charge in [0, 0.05) is 13.0 Å². The number of carbonyl (C=O) groups is 1. The molecule has 6 heteroatoms. The second kappa shape index (κ2) is 4.65. The summed E-state index contributed by atoms with van der Waals surface area (Å²) in [6.45, 7) is 0.845. The lowest BCUT2D eigenvalue weighted by Gasteiger charge is -2.20. The summed E-state index contributed by atoms with van der Waals surface area (Å²) < 4.78 is 1.96. The van der Waals surface area contributed by atoms with Crippen LogP contribution in [0.3, 0.4) is 0 Å². The third-order valence-electron chi connectivity index (χ3n) is 4.19. The van der Waals surface area contributed by atoms with Gasteiger partial charge in [0.25, 0.3) is 0 Å². The van der Waals surface area contributed by atoms with Crippen LogP contribution in [0.15, 0.2) is 0 Å². The highest BCUT2D eigenvalue weighted by molar-refractivity contribution is 5.96. The summed E-state index contributed by atoms with van der Waals surface area (Å²) in [4.78, 5) is 12.3. The summed E-state index contributed by atoms with van der Waals surface area (Å²) in [5, 5.41) is 20.3. The van der Waals surface area contributed by atoms with E-state index in [9.17, 15) is 10.1 Å². The fourth-order valence-corrected chi connectivity index (χ4v) is 2.99. The van der Waals surface area contributed by atoms with Gasteiger partial charge in [0.1, 0.15) is 11.2 Å². The molecule has 1 aromatic heterocycles. The number of carbonyl (C=O) groups excluding carboxylic acids is 1. The first-order valence-corrected chi connectivity index (χ1v) is 6.90. The molecule has 100 valence electrons. The molecule has 6 nitrogen and oxygen atoms in total. The highest BCUT2D eigenvalue weighted by atomic mass is 16.2. The summed E-state index contributed by atoms with van der Waals surface area (Å²) in [5.74, 6) is 1.22. The molecule has 3 rings (SSSR count). The first-order chi connectivity index (χ1) is 9.25. The molecule has 2 aliphatic rings. The molecule has 1 fully saturated rings. The Kier molecular flexibility index (Phi) is 2.97. The largest absolute Gasteiger partial charge is 0.297 e. The zero-order valence-electron chi connectivity index (χ0n) is 10.9. The Hall–Kier alpha value is -1.90. The smallest absolute Gasteiger partial charge is 0.247 e. The highest BCUT2D eigenvalue weighted by Gasteiger charge is 2.42. The molecule has 1 amide bonds. The predicted molar refractivity (Wildman–Crippen MR) is 68.1 cm³/mol. The van der Waals surface area contributed by atoms with E-state index in [4.69, 9.17) is 0 Å². The third kappa shape index (κ3) is 1.99. The average Bonchev–Trinajstić information content (AvgIpc) is 3.07. The van der Waals surface area contributed by atoms with Gasteiger partial charge in [-0.3, -0.25) is 14.7 Å². The number of amides is 1. The van der Waals surface area contributed by atoms with Crippen molar-refractivity contribution < 1.29 is 4.79 Å². The molecule has 0 aromatic carbocycles. The fraction of sp³-hybridized carbons (Fsp3) is 0.692. The Morgan fingerprint density at radius 3 is 2.79 bits per heavy atom. The van der Waals surface area contributed by atoms with E-state index in [-0.39, 0.29) is 5.91 Å². The third-order valence-corrected chi connectivity index (χ3v) is 4.19. The summed E-state index contributed by atoms with van der Waals surface area (Å²) in [5.41, 5.74) is -0.860. The van der Waals surface area contributed by atoms with Crippen LogP contribution in [0.1, 0.15) is 44.3 Å². The number of anilines is 1. The van der Waals surface area contributed by atoms with E-state index in [0.29, 0.717) is 18.8 Å². The molecule has 0 spiro atoms. The predicted octanol–water partition coefficient (Wildman–Crippen LogP) is 1.64. The molecule has 0 atom stereocenters. The minimum atomic E-state index is -0.860. The van der Waals surface area contributed by atoms with Crippen molar-refractivity contribution in [3.63, 3.8) is 0 Å². The molecular formula is C13H17N5O. The fourth-order valence-electron chi connectivity index (χ4n) is 2.99. The molecule has 1 aliphatic heterocycles. The normalized spacial score (nSPS) is 20.6. The molecule has 0 unspecified atom stereocenters. The van der Waals surface area contributed by atoms with Gasteiger partial charge in [0.15, 0.2) is 0 Å². The second-order valence-electron chi connectivity index (χ2n) is 5.40. The van der Waals surface area contributed by atoms with Gasteiger partial charge in [0.2, 0.25) is 11.9 Å². The molecule has 1 saturated carbocycles. The van der Waals surface area contributed by atoms with E-state index >= 15 is 0 Å². The molecule has 1 aliphatic carbocycles. The lowest BCUT2D eigenvalue weighted by molar-refractivity contribution is -0.122. The van der Waals surface area contributed by atoms with E-state index < -0.39 is 5.41 Å². The maximum atomic E-state index is 12.3. The van der Waals surface area contributed by atoms with Crippen LogP contribution < -0.4 is 5.32 Å². The lowest BCUT2D eigenvalue weighted by atomic mass is 9.87. The minimum absolute atomic E-state index is 0.215. The number of nitriles is 1. The standard InChI is InChI=1S/C13H17N5O/c14-9-13(6-2-3-7-13)11(19)15-12-17-16-10-5-1-4-8-18(10)12/h1-8H2,(H,15,17,19). The molecule has 0 radical (unpaired) electrons. The first-order valence-electron chi connectivity index (χ1n) is 6.90. The summed E-state index contributed by atoms with van der Waals surface area (Å²) in [6.07, 6.45) is 6.29. The summed E-state index contributed by atoms with van der Waals surface area (Å²) in [7, 11) is 0. The average molecular weight is 259 g/mol. The van der Waals surface area contributed by atoms with E-state index in [1.54, 1.807) is 0 Å². The number of hydrogen-bond donors (Lipinski definition) is 1. The van der Waals surface area contributed by atoms with Crippen LogP contribution in [0.2, 0.25) is 0 Å². The number of hydrogen-bond acceptors (Lipinski definition) is 4. The quantitative estimate of drug-likeness (QED) is 0.875. The maximum Gasteiger partial charge on any atom is 0.247 e. The van der Waals surface area contributed by atoms with Crippen molar-refractivity contribution in [1.82, 2.24) is 14.8 Å². The van der Waals surface area contributed by atoms with Crippen molar-refractivity contribution in [2.24, 2.45) is 5.41 Å². The van der Waals surface area contributed by atoms with Crippen molar-refractivity contribution in [2.75, 3.05) is 5.32 Å². The van der Waals surface area contributed by atoms with Crippen molar-refractivity contribution in [3.05, 3.63) is 5.82 Å². The molecule has 1 N–H and O–H groups in total. The molecule has 19 heavy (non-hydrogen) atoms. The van der Waals surface area contributed by atoms with E-state index in [1.807, 2.05) is 4.57 Å². The molecule has 1 aromatic rings. The number of rotatable bonds is 2. The Labute approximate surface area is 111 Å². The van der Waals surface area contributed by atoms with Gasteiger partial charge >= 0.3 is 0 Å². The van der Waals surface area contributed by atoms with Crippen LogP contribution >= 0.6 is 0 Å². The molecular weight excluding hydrogens is 242 g/mol. The van der Waals surface area contributed by atoms with Crippen molar-refractivity contribution in [3.8, 4) is 6.07 Å². The van der Waals surface area contributed by atoms with Crippen LogP contribution in [0.5, 0.6) is 0 Å². The van der Waals surface area contributed by atoms with E-state index in [0.717, 1.165) is 44.5 Å². The zero-order valence-corrected chi connectivity index (χ0v) is 10.9. The first kappa shape index (κ1) is 12.2. The second-order valence-corrected chi connectivity index (χ2v) is 5.40. The number of nitrogens with zero attached hydrogens (tertiary/aromatic N) is 4. The molecule has 2 heterocycles. The van der Waals surface area contributed by atoms with Gasteiger partial charge in [0.05, 0.1) is 6.07 Å². The zero-order chi connectivity index (χ0) is 13.3. The van der Waals surface area contributed by atoms with Gasteiger partial charge in [-0.05, 0) is 25.7 Å². The highest BCUT2D eigenvalue weighted by Crippen LogP contribution is 2.38. The van der Waals surface area contributed by atoms with E-state index in [2.05, 4.69) is 21.6 Å². The topological polar surface area (TPSA) is 83.6 Å². The van der Waals surface area contributed by atoms with Crippen LogP contribution in [0.4, 0.5) is 5.95 Å². The number of aromatic nitrogens is 3. The van der Waals surface area contributed by atoms with Gasteiger partial charge in [-0.15, -0.1) is 10.2 Å². The minimum Gasteiger partial charge on any atom is -0.297 e. The number of nitrogens with one attached hydrogen (secondary N) is 1. The molecule has 0 bridgehead atoms. The van der Waals surface area contributed by atoms with Crippen LogP contribution in [0, 0.1) is 16.7 Å². The summed E-state index contributed by atoms with van der Waals surface area (Å²) in [6, 6.07) is 2.20. The Morgan fingerprint density at radius 1 is 1.26 bits per heavy atom. The lowest BCUT2D eigenvalue weighted by Crippen LogP contribution is -2.33. The molecule has 0 saturated heterocycles. The maximum absolute atomic E-state index is 12.3. The summed E-state index contributed by atoms with van der Waals surface area (Å²) >= 11 is 0. The van der Waals surface area contributed by atoms with Crippen molar-refractivity contribution in [1.29, 1.82) is 5.26 Å². The van der Waals surface area contributed by atoms with Crippen molar-refractivity contribution in [2.45, 2.75) is 51.5 Å². The van der Waals surface area contributed by atoms with Crippen LogP contribution in [-0.4, -0.2) is 20.7 Å². The Morgan fingerprint density at radius 2 is 2.05 bits per heavy atom. The SMILES string of the molecule is N#CC1(C(=O)Nc2nnc3n2CCCC3)CCCC1. The van der Waals surface area contributed by atoms with Gasteiger partial charge in [-0.2, -0.15) is 5.26 Å². The van der Waals surface area contributed by atoms with Crippen LogP contribution in [-0.2, 0) is 17.8 Å². The Bertz CT molecular complexity index is 536. The van der Waals surface area contributed by atoms with Gasteiger partial charge in [-0.1, -0.05) is 12.8 Å².